The number of aromatic hydroxyl groups is 1. The minimum atomic E-state index is -1.35. The Balaban J connectivity index is 0.851. The molecule has 3 aromatic carbocycles. The predicted molar refractivity (Wildman–Crippen MR) is 217 cm³/mol. The molecule has 60 heavy (non-hydrogen) atoms. The van der Waals surface area contributed by atoms with Crippen molar-refractivity contribution < 1.29 is 38.3 Å². The molecule has 2 aromatic heterocycles. The van der Waals surface area contributed by atoms with Crippen LogP contribution in [0, 0.1) is 5.82 Å². The lowest BCUT2D eigenvalue weighted by atomic mass is 10.0. The first-order chi connectivity index (χ1) is 28.9. The summed E-state index contributed by atoms with van der Waals surface area (Å²) in [5, 5.41) is 26.5. The van der Waals surface area contributed by atoms with Gasteiger partial charge in [-0.05, 0) is 66.1 Å². The van der Waals surface area contributed by atoms with Crippen LogP contribution in [0.4, 0.5) is 15.3 Å². The number of halogens is 2. The van der Waals surface area contributed by atoms with Gasteiger partial charge in [-0.15, -0.1) is 21.5 Å². The Kier molecular flexibility index (Phi) is 10.2. The molecule has 2 saturated heterocycles. The Morgan fingerprint density at radius 3 is 2.43 bits per heavy atom. The Bertz CT molecular complexity index is 2620. The van der Waals surface area contributed by atoms with Crippen molar-refractivity contribution in [2.75, 3.05) is 36.4 Å². The molecule has 0 spiro atoms. The van der Waals surface area contributed by atoms with E-state index in [0.29, 0.717) is 70.5 Å². The Morgan fingerprint density at radius 2 is 1.72 bits per heavy atom. The van der Waals surface area contributed by atoms with Crippen LogP contribution in [-0.4, -0.2) is 103 Å². The van der Waals surface area contributed by atoms with Crippen LogP contribution in [0.5, 0.6) is 5.75 Å². The molecule has 4 aliphatic rings. The molecule has 0 saturated carbocycles. The number of hydrogen-bond acceptors (Lipinski definition) is 13. The van der Waals surface area contributed by atoms with Crippen molar-refractivity contribution in [3.8, 4) is 17.0 Å². The van der Waals surface area contributed by atoms with E-state index in [9.17, 15) is 38.3 Å². The number of hydrogen-bond donors (Lipinski definition) is 3. The van der Waals surface area contributed by atoms with Gasteiger partial charge in [0.2, 0.25) is 11.8 Å². The molecular formula is C41H33BrFN9O7S. The molecule has 2 atom stereocenters. The largest absolute Gasteiger partial charge is 0.508 e. The van der Waals surface area contributed by atoms with Gasteiger partial charge in [0.15, 0.2) is 10.9 Å². The van der Waals surface area contributed by atoms with E-state index >= 15 is 0 Å². The number of rotatable bonds is 9. The molecule has 0 bridgehead atoms. The van der Waals surface area contributed by atoms with Crippen LogP contribution < -0.4 is 15.5 Å². The third-order valence-corrected chi connectivity index (χ3v) is 12.5. The van der Waals surface area contributed by atoms with Crippen molar-refractivity contribution in [1.29, 1.82) is 0 Å². The molecule has 0 aliphatic carbocycles. The lowest BCUT2D eigenvalue weighted by Crippen LogP contribution is -2.54. The lowest BCUT2D eigenvalue weighted by molar-refractivity contribution is -0.136. The van der Waals surface area contributed by atoms with E-state index in [2.05, 4.69) is 51.5 Å². The van der Waals surface area contributed by atoms with Crippen LogP contribution >= 0.6 is 27.3 Å². The number of piperidine rings is 1. The second kappa shape index (κ2) is 15.6. The minimum Gasteiger partial charge on any atom is -0.508 e. The predicted octanol–water partition coefficient (Wildman–Crippen LogP) is 4.27. The third-order valence-electron chi connectivity index (χ3n) is 11.1. The molecule has 2 unspecified atom stereocenters. The van der Waals surface area contributed by atoms with Gasteiger partial charge >= 0.3 is 0 Å². The molecule has 5 aromatic rings. The molecule has 19 heteroatoms. The number of imide groups is 2. The number of carbonyl (C=O) groups excluding carboxylic acids is 6. The van der Waals surface area contributed by atoms with Gasteiger partial charge in [-0.25, -0.2) is 9.37 Å². The van der Waals surface area contributed by atoms with Gasteiger partial charge in [-0.1, -0.05) is 28.1 Å². The number of nitrogens with zero attached hydrogens (tertiary/aromatic N) is 7. The highest BCUT2D eigenvalue weighted by Crippen LogP contribution is 2.38. The quantitative estimate of drug-likeness (QED) is 0.178. The van der Waals surface area contributed by atoms with Crippen molar-refractivity contribution in [3.05, 3.63) is 116 Å². The number of benzene rings is 3. The summed E-state index contributed by atoms with van der Waals surface area (Å²) >= 11 is 4.75. The van der Waals surface area contributed by atoms with Gasteiger partial charge in [0.1, 0.15) is 23.7 Å². The summed E-state index contributed by atoms with van der Waals surface area (Å²) in [6.45, 7) is 3.16. The fourth-order valence-corrected chi connectivity index (χ4v) is 9.03. The number of amides is 6. The lowest BCUT2D eigenvalue weighted by Gasteiger charge is -2.35. The van der Waals surface area contributed by atoms with Crippen molar-refractivity contribution in [1.82, 2.24) is 35.2 Å². The first kappa shape index (κ1) is 39.0. The Labute approximate surface area is 353 Å². The maximum Gasteiger partial charge on any atom is 0.262 e. The normalized spacial score (nSPS) is 18.5. The van der Waals surface area contributed by atoms with Gasteiger partial charge < -0.3 is 14.9 Å². The van der Waals surface area contributed by atoms with E-state index < -0.39 is 53.3 Å². The maximum absolute atomic E-state index is 14.4. The highest BCUT2D eigenvalue weighted by atomic mass is 79.9. The zero-order valence-corrected chi connectivity index (χ0v) is 33.8. The summed E-state index contributed by atoms with van der Waals surface area (Å²) in [7, 11) is 0. The molecule has 3 N–H and O–H groups in total. The number of aromatic nitrogens is 3. The summed E-state index contributed by atoms with van der Waals surface area (Å²) in [5.41, 5.74) is 3.34. The van der Waals surface area contributed by atoms with Crippen LogP contribution in [0.1, 0.15) is 66.6 Å². The molecule has 9 rings (SSSR count). The van der Waals surface area contributed by atoms with Crippen molar-refractivity contribution in [2.24, 2.45) is 0 Å². The van der Waals surface area contributed by atoms with Gasteiger partial charge in [-0.2, -0.15) is 0 Å². The summed E-state index contributed by atoms with van der Waals surface area (Å²) in [6.07, 6.45) is 1.65. The number of fused-ring (bicyclic) bond motifs is 2. The molecule has 6 amide bonds. The average molecular weight is 895 g/mol. The smallest absolute Gasteiger partial charge is 0.262 e. The highest BCUT2D eigenvalue weighted by molar-refractivity contribution is 9.10. The zero-order valence-electron chi connectivity index (χ0n) is 31.4. The highest BCUT2D eigenvalue weighted by Gasteiger charge is 2.45. The second-order valence-corrected chi connectivity index (χ2v) is 16.5. The fourth-order valence-electron chi connectivity index (χ4n) is 8.03. The Hall–Kier alpha value is -6.44. The van der Waals surface area contributed by atoms with E-state index in [4.69, 9.17) is 0 Å². The summed E-state index contributed by atoms with van der Waals surface area (Å²) < 4.78 is 15.1. The number of thiazole rings is 1. The maximum atomic E-state index is 14.4. The molecule has 4 aliphatic heterocycles. The van der Waals surface area contributed by atoms with Crippen LogP contribution in [-0.2, 0) is 27.5 Å². The number of carbonyl (C=O) groups is 6. The fraction of sp³-hybridized carbons (Fsp3) is 0.244. The minimum absolute atomic E-state index is 0.0430. The van der Waals surface area contributed by atoms with Crippen molar-refractivity contribution >= 4 is 73.7 Å². The zero-order chi connectivity index (χ0) is 41.8. The molecular weight excluding hydrogens is 861 g/mol. The van der Waals surface area contributed by atoms with Crippen LogP contribution in [0.3, 0.4) is 0 Å². The SMILES string of the molecule is O=C1CCC(N2C(=O)c3cc(Br)c(CN4CCN(c5ccc(-c6ccc7c(c6)C(=O)N(C(C(=O)Nc6nccs6)c6cc(F)ccc6O)C7)nn5)CC4)cc3C2=O)C(=O)N1. The van der Waals surface area contributed by atoms with E-state index in [1.807, 2.05) is 18.2 Å². The molecule has 16 nitrogen and oxygen atoms in total. The van der Waals surface area contributed by atoms with E-state index in [0.717, 1.165) is 28.7 Å². The summed E-state index contributed by atoms with van der Waals surface area (Å²) in [6, 6.07) is 13.2. The van der Waals surface area contributed by atoms with Gasteiger partial charge in [0, 0.05) is 78.4 Å². The van der Waals surface area contributed by atoms with Gasteiger partial charge in [0.05, 0.1) is 16.8 Å². The molecule has 304 valence electrons. The summed E-state index contributed by atoms with van der Waals surface area (Å²) in [5.74, 6) is -3.66. The number of phenolic OH excluding ortho intramolecular Hbond substituents is 1. The van der Waals surface area contributed by atoms with Crippen LogP contribution in [0.15, 0.2) is 76.7 Å². The molecule has 2 fully saturated rings. The molecule has 6 heterocycles. The first-order valence-electron chi connectivity index (χ1n) is 18.9. The first-order valence-corrected chi connectivity index (χ1v) is 20.6. The standard InChI is InChI=1S/C41H33BrFN9O7S/c42-29-18-27-26(39(58)52(40(27)59)31-5-8-34(54)45-36(31)55)16-23(29)19-49-10-12-50(13-11-49)33-7-4-30(47-48-33)21-1-2-22-20-51(38(57)25(22)15-21)35(28-17-24(43)3-6-32(28)53)37(56)46-41-44-9-14-60-41/h1-4,6-7,9,14-18,31,35,53H,5,8,10-13,19-20H2,(H,44,46,56)(H,45,54,55). The topological polar surface area (TPSA) is 198 Å². The number of piperazine rings is 1. The second-order valence-electron chi connectivity index (χ2n) is 14.7. The van der Waals surface area contributed by atoms with Gasteiger partial charge in [-0.3, -0.25) is 49.2 Å². The average Bonchev–Trinajstić information content (AvgIpc) is 3.93. The van der Waals surface area contributed by atoms with E-state index in [1.54, 1.807) is 29.6 Å². The van der Waals surface area contributed by atoms with Crippen LogP contribution in [0.2, 0.25) is 0 Å². The number of nitrogens with one attached hydrogen (secondary N) is 2. The number of phenols is 1. The van der Waals surface area contributed by atoms with Crippen molar-refractivity contribution in [3.63, 3.8) is 0 Å². The molecule has 0 radical (unpaired) electrons. The summed E-state index contributed by atoms with van der Waals surface area (Å²) in [4.78, 5) is 88.9. The van der Waals surface area contributed by atoms with Gasteiger partial charge in [0.25, 0.3) is 23.6 Å². The van der Waals surface area contributed by atoms with E-state index in [-0.39, 0.29) is 41.8 Å². The monoisotopic (exact) mass is 893 g/mol. The van der Waals surface area contributed by atoms with Crippen molar-refractivity contribution in [2.45, 2.75) is 38.0 Å². The third kappa shape index (κ3) is 7.17. The van der Waals surface area contributed by atoms with E-state index in [1.165, 1.54) is 22.4 Å². The number of anilines is 2. The van der Waals surface area contributed by atoms with Crippen LogP contribution in [0.25, 0.3) is 11.3 Å². The Morgan fingerprint density at radius 1 is 0.933 bits per heavy atom.